The van der Waals surface area contributed by atoms with Gasteiger partial charge in [0.15, 0.2) is 0 Å². The van der Waals surface area contributed by atoms with Gasteiger partial charge in [0, 0.05) is 24.6 Å². The van der Waals surface area contributed by atoms with E-state index in [4.69, 9.17) is 10.5 Å². The number of nitrogens with one attached hydrogen (secondary N) is 1. The molecule has 0 saturated carbocycles. The maximum absolute atomic E-state index is 6.10. The molecule has 3 nitrogen and oxygen atoms in total. The lowest BCUT2D eigenvalue weighted by Crippen LogP contribution is -2.30. The molecule has 0 bridgehead atoms. The van der Waals surface area contributed by atoms with Crippen LogP contribution in [0, 0.1) is 0 Å². The normalized spacial score (nSPS) is 17.6. The highest BCUT2D eigenvalue weighted by molar-refractivity contribution is 5.47. The number of hydrogen-bond acceptors (Lipinski definition) is 3. The Labute approximate surface area is 115 Å². The van der Waals surface area contributed by atoms with Crippen molar-refractivity contribution in [2.75, 3.05) is 13.1 Å². The summed E-state index contributed by atoms with van der Waals surface area (Å²) in [5.41, 5.74) is 8.25. The maximum atomic E-state index is 6.10. The van der Waals surface area contributed by atoms with Crippen molar-refractivity contribution in [1.82, 2.24) is 5.32 Å². The average molecular weight is 260 g/mol. The van der Waals surface area contributed by atoms with Crippen LogP contribution in [0.15, 0.2) is 30.9 Å². The van der Waals surface area contributed by atoms with E-state index in [1.165, 1.54) is 11.1 Å². The molecule has 1 heterocycles. The smallest absolute Gasteiger partial charge is 0.128 e. The second kappa shape index (κ2) is 5.76. The summed E-state index contributed by atoms with van der Waals surface area (Å²) in [6, 6.07) is 6.49. The van der Waals surface area contributed by atoms with Crippen LogP contribution in [0.4, 0.5) is 0 Å². The van der Waals surface area contributed by atoms with Gasteiger partial charge in [-0.15, -0.1) is 6.58 Å². The van der Waals surface area contributed by atoms with Gasteiger partial charge >= 0.3 is 0 Å². The molecule has 1 aromatic carbocycles. The molecule has 3 N–H and O–H groups in total. The lowest BCUT2D eigenvalue weighted by atomic mass is 9.98. The van der Waals surface area contributed by atoms with Gasteiger partial charge in [-0.05, 0) is 32.4 Å². The van der Waals surface area contributed by atoms with E-state index in [9.17, 15) is 0 Å². The molecular weight excluding hydrogens is 236 g/mol. The molecule has 0 amide bonds. The number of ether oxygens (including phenoxy) is 1. The molecule has 1 atom stereocenters. The lowest BCUT2D eigenvalue weighted by molar-refractivity contribution is 0.136. The van der Waals surface area contributed by atoms with Crippen LogP contribution in [-0.4, -0.2) is 18.7 Å². The molecular formula is C16H24N2O. The summed E-state index contributed by atoms with van der Waals surface area (Å²) in [5, 5.41) is 3.47. The Morgan fingerprint density at radius 1 is 1.53 bits per heavy atom. The van der Waals surface area contributed by atoms with Gasteiger partial charge in [0.05, 0.1) is 0 Å². The van der Waals surface area contributed by atoms with E-state index in [0.717, 1.165) is 25.1 Å². The molecule has 0 radical (unpaired) electrons. The minimum Gasteiger partial charge on any atom is -0.487 e. The van der Waals surface area contributed by atoms with Crippen LogP contribution in [0.25, 0.3) is 0 Å². The van der Waals surface area contributed by atoms with Gasteiger partial charge in [0.1, 0.15) is 11.4 Å². The van der Waals surface area contributed by atoms with E-state index >= 15 is 0 Å². The topological polar surface area (TPSA) is 47.3 Å². The Hall–Kier alpha value is -1.32. The summed E-state index contributed by atoms with van der Waals surface area (Å²) in [6.45, 7) is 9.44. The fourth-order valence-corrected chi connectivity index (χ4v) is 2.59. The van der Waals surface area contributed by atoms with Gasteiger partial charge < -0.3 is 15.8 Å². The summed E-state index contributed by atoms with van der Waals surface area (Å²) in [6.07, 6.45) is 3.81. The highest BCUT2D eigenvalue weighted by Gasteiger charge is 2.32. The van der Waals surface area contributed by atoms with E-state index in [2.05, 4.69) is 43.9 Å². The molecule has 0 spiro atoms. The van der Waals surface area contributed by atoms with E-state index in [0.29, 0.717) is 6.54 Å². The zero-order chi connectivity index (χ0) is 13.9. The zero-order valence-electron chi connectivity index (χ0n) is 11.9. The molecule has 104 valence electrons. The molecule has 1 aromatic rings. The van der Waals surface area contributed by atoms with Crippen molar-refractivity contribution in [2.45, 2.75) is 38.3 Å². The number of rotatable bonds is 6. The van der Waals surface area contributed by atoms with Crippen LogP contribution in [0.2, 0.25) is 0 Å². The van der Waals surface area contributed by atoms with Crippen molar-refractivity contribution < 1.29 is 4.74 Å². The summed E-state index contributed by atoms with van der Waals surface area (Å²) in [4.78, 5) is 0. The molecule has 0 aromatic heterocycles. The molecule has 0 aliphatic carbocycles. The minimum absolute atomic E-state index is 0.112. The van der Waals surface area contributed by atoms with Gasteiger partial charge in [-0.2, -0.15) is 0 Å². The Kier molecular flexibility index (Phi) is 4.27. The van der Waals surface area contributed by atoms with Gasteiger partial charge in [0.2, 0.25) is 0 Å². The van der Waals surface area contributed by atoms with Crippen LogP contribution >= 0.6 is 0 Å². The first-order valence-corrected chi connectivity index (χ1v) is 6.92. The molecule has 3 heteroatoms. The van der Waals surface area contributed by atoms with Crippen molar-refractivity contribution in [3.63, 3.8) is 0 Å². The van der Waals surface area contributed by atoms with Crippen LogP contribution < -0.4 is 15.8 Å². The maximum Gasteiger partial charge on any atom is 0.128 e. The minimum atomic E-state index is -0.112. The average Bonchev–Trinajstić information content (AvgIpc) is 2.69. The van der Waals surface area contributed by atoms with Crippen molar-refractivity contribution in [3.8, 4) is 5.75 Å². The quantitative estimate of drug-likeness (QED) is 0.610. The standard InChI is InChI=1S/C16H24N2O/c1-4-5-9-18-14(11-17)13-8-6-7-12-10-16(2,3)19-15(12)13/h4,6-8,14,18H,1,5,9-11,17H2,2-3H3. The van der Waals surface area contributed by atoms with E-state index in [1.54, 1.807) is 0 Å². The molecule has 1 unspecified atom stereocenters. The molecule has 19 heavy (non-hydrogen) atoms. The Balaban J connectivity index is 2.20. The van der Waals surface area contributed by atoms with E-state index in [1.807, 2.05) is 6.08 Å². The number of hydrogen-bond donors (Lipinski definition) is 2. The highest BCUT2D eigenvalue weighted by Crippen LogP contribution is 2.39. The summed E-state index contributed by atoms with van der Waals surface area (Å²) >= 11 is 0. The fourth-order valence-electron chi connectivity index (χ4n) is 2.59. The van der Waals surface area contributed by atoms with Crippen molar-refractivity contribution in [1.29, 1.82) is 0 Å². The number of para-hydroxylation sites is 1. The lowest BCUT2D eigenvalue weighted by Gasteiger charge is -2.22. The van der Waals surface area contributed by atoms with Gasteiger partial charge in [-0.25, -0.2) is 0 Å². The SMILES string of the molecule is C=CCCNC(CN)c1cccc2c1OC(C)(C)C2. The van der Waals surface area contributed by atoms with Crippen LogP contribution in [0.1, 0.15) is 37.4 Å². The van der Waals surface area contributed by atoms with Crippen LogP contribution in [-0.2, 0) is 6.42 Å². The Bertz CT molecular complexity index is 454. The molecule has 1 aliphatic rings. The largest absolute Gasteiger partial charge is 0.487 e. The predicted octanol–water partition coefficient (Wildman–Crippen LogP) is 2.57. The molecule has 0 fully saturated rings. The first-order chi connectivity index (χ1) is 9.07. The molecule has 1 aliphatic heterocycles. The first-order valence-electron chi connectivity index (χ1n) is 6.92. The van der Waals surface area contributed by atoms with Crippen LogP contribution in [0.5, 0.6) is 5.75 Å². The van der Waals surface area contributed by atoms with E-state index < -0.39 is 0 Å². The van der Waals surface area contributed by atoms with E-state index in [-0.39, 0.29) is 11.6 Å². The van der Waals surface area contributed by atoms with Crippen molar-refractivity contribution in [2.24, 2.45) is 5.73 Å². The van der Waals surface area contributed by atoms with Crippen LogP contribution in [0.3, 0.4) is 0 Å². The number of fused-ring (bicyclic) bond motifs is 1. The highest BCUT2D eigenvalue weighted by atomic mass is 16.5. The third kappa shape index (κ3) is 3.17. The molecule has 2 rings (SSSR count). The number of nitrogens with two attached hydrogens (primary N) is 1. The van der Waals surface area contributed by atoms with Crippen molar-refractivity contribution >= 4 is 0 Å². The summed E-state index contributed by atoms with van der Waals surface area (Å²) < 4.78 is 6.10. The Morgan fingerprint density at radius 3 is 3.00 bits per heavy atom. The monoisotopic (exact) mass is 260 g/mol. The zero-order valence-corrected chi connectivity index (χ0v) is 11.9. The van der Waals surface area contributed by atoms with Gasteiger partial charge in [0.25, 0.3) is 0 Å². The van der Waals surface area contributed by atoms with Gasteiger partial charge in [-0.3, -0.25) is 0 Å². The first kappa shape index (κ1) is 14.1. The predicted molar refractivity (Wildman–Crippen MR) is 79.5 cm³/mol. The second-order valence-electron chi connectivity index (χ2n) is 5.69. The fraction of sp³-hybridized carbons (Fsp3) is 0.500. The second-order valence-corrected chi connectivity index (χ2v) is 5.69. The summed E-state index contributed by atoms with van der Waals surface area (Å²) in [7, 11) is 0. The molecule has 0 saturated heterocycles. The third-order valence-corrected chi connectivity index (χ3v) is 3.47. The third-order valence-electron chi connectivity index (χ3n) is 3.47. The number of benzene rings is 1. The van der Waals surface area contributed by atoms with Gasteiger partial charge in [-0.1, -0.05) is 24.3 Å². The Morgan fingerprint density at radius 2 is 2.32 bits per heavy atom. The van der Waals surface area contributed by atoms with Crippen molar-refractivity contribution in [3.05, 3.63) is 42.0 Å². The summed E-state index contributed by atoms with van der Waals surface area (Å²) in [5.74, 6) is 1.02.